The zero-order valence-corrected chi connectivity index (χ0v) is 12.8. The van der Waals surface area contributed by atoms with E-state index in [0.29, 0.717) is 12.1 Å². The van der Waals surface area contributed by atoms with Gasteiger partial charge in [0.25, 0.3) is 5.91 Å². The average molecular weight is 293 g/mol. The summed E-state index contributed by atoms with van der Waals surface area (Å²) in [5.41, 5.74) is 3.93. The summed E-state index contributed by atoms with van der Waals surface area (Å²) < 4.78 is 0. The first-order chi connectivity index (χ1) is 10.6. The number of carbonyl (C=O) groups excluding carboxylic acids is 1. The number of para-hydroxylation sites is 1. The molecule has 1 aromatic heterocycles. The second-order valence-corrected chi connectivity index (χ2v) is 5.48. The van der Waals surface area contributed by atoms with Gasteiger partial charge in [0.15, 0.2) is 0 Å². The van der Waals surface area contributed by atoms with Crippen molar-refractivity contribution in [3.8, 4) is 0 Å². The molecular formula is C18H19N3O. The number of rotatable bonds is 4. The summed E-state index contributed by atoms with van der Waals surface area (Å²) in [7, 11) is 3.96. The number of hydrogen-bond donors (Lipinski definition) is 2. The van der Waals surface area contributed by atoms with E-state index in [1.165, 1.54) is 0 Å². The Kier molecular flexibility index (Phi) is 3.83. The lowest BCUT2D eigenvalue weighted by atomic mass is 10.1. The zero-order valence-electron chi connectivity index (χ0n) is 12.8. The van der Waals surface area contributed by atoms with Crippen LogP contribution < -0.4 is 10.2 Å². The average Bonchev–Trinajstić information content (AvgIpc) is 2.96. The van der Waals surface area contributed by atoms with Crippen molar-refractivity contribution in [2.24, 2.45) is 0 Å². The van der Waals surface area contributed by atoms with Crippen LogP contribution in [-0.2, 0) is 6.54 Å². The summed E-state index contributed by atoms with van der Waals surface area (Å²) >= 11 is 0. The van der Waals surface area contributed by atoms with Crippen LogP contribution in [0.25, 0.3) is 10.9 Å². The molecule has 0 radical (unpaired) electrons. The number of nitrogens with one attached hydrogen (secondary N) is 2. The minimum absolute atomic E-state index is 0.0596. The number of benzene rings is 2. The second-order valence-electron chi connectivity index (χ2n) is 5.48. The summed E-state index contributed by atoms with van der Waals surface area (Å²) in [5.74, 6) is -0.0596. The quantitative estimate of drug-likeness (QED) is 0.776. The van der Waals surface area contributed by atoms with E-state index in [0.717, 1.165) is 22.2 Å². The van der Waals surface area contributed by atoms with Crippen molar-refractivity contribution in [2.45, 2.75) is 6.54 Å². The highest BCUT2D eigenvalue weighted by molar-refractivity contribution is 5.94. The summed E-state index contributed by atoms with van der Waals surface area (Å²) in [4.78, 5) is 17.4. The minimum Gasteiger partial charge on any atom is -0.378 e. The zero-order chi connectivity index (χ0) is 15.5. The van der Waals surface area contributed by atoms with Crippen LogP contribution >= 0.6 is 0 Å². The highest BCUT2D eigenvalue weighted by atomic mass is 16.1. The lowest BCUT2D eigenvalue weighted by molar-refractivity contribution is 0.0951. The third-order valence-corrected chi connectivity index (χ3v) is 3.76. The number of hydrogen-bond acceptors (Lipinski definition) is 2. The lowest BCUT2D eigenvalue weighted by Crippen LogP contribution is -2.22. The van der Waals surface area contributed by atoms with Crippen molar-refractivity contribution < 1.29 is 4.79 Å². The molecule has 4 heteroatoms. The fraction of sp³-hybridized carbons (Fsp3) is 0.167. The monoisotopic (exact) mass is 293 g/mol. The van der Waals surface area contributed by atoms with Crippen LogP contribution in [0.2, 0.25) is 0 Å². The minimum atomic E-state index is -0.0596. The number of amides is 1. The SMILES string of the molecule is CN(C)c1ccc(C(=O)NCc2c[nH]c3ccccc23)cc1. The Balaban J connectivity index is 1.69. The molecule has 0 saturated carbocycles. The van der Waals surface area contributed by atoms with Crippen LogP contribution in [0.1, 0.15) is 15.9 Å². The van der Waals surface area contributed by atoms with Gasteiger partial charge in [0.1, 0.15) is 0 Å². The highest BCUT2D eigenvalue weighted by Crippen LogP contribution is 2.17. The number of aromatic amines is 1. The molecule has 4 nitrogen and oxygen atoms in total. The molecule has 2 N–H and O–H groups in total. The van der Waals surface area contributed by atoms with Crippen LogP contribution in [-0.4, -0.2) is 25.0 Å². The molecule has 1 heterocycles. The third-order valence-electron chi connectivity index (χ3n) is 3.76. The molecular weight excluding hydrogens is 274 g/mol. The van der Waals surface area contributed by atoms with Gasteiger partial charge in [-0.15, -0.1) is 0 Å². The predicted octanol–water partition coefficient (Wildman–Crippen LogP) is 3.16. The van der Waals surface area contributed by atoms with Crippen molar-refractivity contribution >= 4 is 22.5 Å². The first-order valence-corrected chi connectivity index (χ1v) is 7.26. The van der Waals surface area contributed by atoms with E-state index >= 15 is 0 Å². The van der Waals surface area contributed by atoms with Gasteiger partial charge in [0, 0.05) is 49.0 Å². The van der Waals surface area contributed by atoms with Crippen LogP contribution in [0.4, 0.5) is 5.69 Å². The highest BCUT2D eigenvalue weighted by Gasteiger charge is 2.08. The van der Waals surface area contributed by atoms with E-state index in [2.05, 4.69) is 16.4 Å². The molecule has 0 spiro atoms. The van der Waals surface area contributed by atoms with Gasteiger partial charge in [0.2, 0.25) is 0 Å². The number of carbonyl (C=O) groups is 1. The summed E-state index contributed by atoms with van der Waals surface area (Å²) in [6.45, 7) is 0.512. The van der Waals surface area contributed by atoms with Crippen molar-refractivity contribution in [2.75, 3.05) is 19.0 Å². The standard InChI is InChI=1S/C18H19N3O/c1-21(2)15-9-7-13(8-10-15)18(22)20-12-14-11-19-17-6-4-3-5-16(14)17/h3-11,19H,12H2,1-2H3,(H,20,22). The van der Waals surface area contributed by atoms with Gasteiger partial charge >= 0.3 is 0 Å². The smallest absolute Gasteiger partial charge is 0.251 e. The van der Waals surface area contributed by atoms with Gasteiger partial charge in [-0.25, -0.2) is 0 Å². The molecule has 0 atom stereocenters. The van der Waals surface area contributed by atoms with Crippen LogP contribution in [0.3, 0.4) is 0 Å². The van der Waals surface area contributed by atoms with Gasteiger partial charge in [-0.05, 0) is 35.9 Å². The maximum absolute atomic E-state index is 12.2. The van der Waals surface area contributed by atoms with E-state index in [9.17, 15) is 4.79 Å². The summed E-state index contributed by atoms with van der Waals surface area (Å²) in [6.07, 6.45) is 1.94. The number of anilines is 1. The number of fused-ring (bicyclic) bond motifs is 1. The molecule has 112 valence electrons. The third kappa shape index (κ3) is 2.81. The van der Waals surface area contributed by atoms with E-state index in [4.69, 9.17) is 0 Å². The molecule has 3 rings (SSSR count). The predicted molar refractivity (Wildman–Crippen MR) is 90.2 cm³/mol. The second kappa shape index (κ2) is 5.93. The van der Waals surface area contributed by atoms with E-state index < -0.39 is 0 Å². The Hall–Kier alpha value is -2.75. The Bertz CT molecular complexity index is 787. The number of H-pyrrole nitrogens is 1. The van der Waals surface area contributed by atoms with Crippen molar-refractivity contribution in [1.82, 2.24) is 10.3 Å². The number of aromatic nitrogens is 1. The molecule has 0 aliphatic rings. The molecule has 0 aliphatic heterocycles. The number of nitrogens with zero attached hydrogens (tertiary/aromatic N) is 1. The van der Waals surface area contributed by atoms with E-state index in [-0.39, 0.29) is 5.91 Å². The Morgan fingerprint density at radius 3 is 2.55 bits per heavy atom. The van der Waals surface area contributed by atoms with E-state index in [1.54, 1.807) is 0 Å². The normalized spacial score (nSPS) is 10.6. The molecule has 0 fully saturated rings. The maximum atomic E-state index is 12.2. The first kappa shape index (κ1) is 14.2. The first-order valence-electron chi connectivity index (χ1n) is 7.26. The van der Waals surface area contributed by atoms with Crippen molar-refractivity contribution in [1.29, 1.82) is 0 Å². The van der Waals surface area contributed by atoms with Crippen LogP contribution in [0.5, 0.6) is 0 Å². The topological polar surface area (TPSA) is 48.1 Å². The Labute approximate surface area is 129 Å². The molecule has 2 aromatic carbocycles. The maximum Gasteiger partial charge on any atom is 0.251 e. The molecule has 22 heavy (non-hydrogen) atoms. The molecule has 3 aromatic rings. The van der Waals surface area contributed by atoms with Crippen molar-refractivity contribution in [3.05, 3.63) is 65.9 Å². The van der Waals surface area contributed by atoms with Gasteiger partial charge < -0.3 is 15.2 Å². The molecule has 0 bridgehead atoms. The summed E-state index contributed by atoms with van der Waals surface area (Å²) in [5, 5.41) is 4.11. The van der Waals surface area contributed by atoms with Gasteiger partial charge in [-0.3, -0.25) is 4.79 Å². The molecule has 0 aliphatic carbocycles. The largest absolute Gasteiger partial charge is 0.378 e. The van der Waals surface area contributed by atoms with Gasteiger partial charge in [-0.2, -0.15) is 0 Å². The summed E-state index contributed by atoms with van der Waals surface area (Å²) in [6, 6.07) is 15.7. The lowest BCUT2D eigenvalue weighted by Gasteiger charge is -2.12. The Morgan fingerprint density at radius 2 is 1.82 bits per heavy atom. The Morgan fingerprint density at radius 1 is 1.09 bits per heavy atom. The van der Waals surface area contributed by atoms with Gasteiger partial charge in [-0.1, -0.05) is 18.2 Å². The van der Waals surface area contributed by atoms with Crippen LogP contribution in [0, 0.1) is 0 Å². The van der Waals surface area contributed by atoms with E-state index in [1.807, 2.05) is 67.7 Å². The van der Waals surface area contributed by atoms with Gasteiger partial charge in [0.05, 0.1) is 0 Å². The molecule has 0 saturated heterocycles. The van der Waals surface area contributed by atoms with Crippen molar-refractivity contribution in [3.63, 3.8) is 0 Å². The fourth-order valence-electron chi connectivity index (χ4n) is 2.47. The molecule has 1 amide bonds. The molecule has 0 unspecified atom stereocenters. The fourth-order valence-corrected chi connectivity index (χ4v) is 2.47. The van der Waals surface area contributed by atoms with Crippen LogP contribution in [0.15, 0.2) is 54.7 Å².